The Bertz CT molecular complexity index is 806. The molecule has 0 unspecified atom stereocenters. The number of para-hydroxylation sites is 1. The summed E-state index contributed by atoms with van der Waals surface area (Å²) in [5.74, 6) is -0.794. The maximum atomic E-state index is 12.3. The standard InChI is InChI=1S/C18H23ClN2O5S/c19-15-3-1-2-4-16(15)20-6-8-21(9-7-20)17(22)12-26-18(23)11-14-5-10-27(24,25)13-14/h1-4,14H,5-13H2/t14-/m1/s1. The Labute approximate surface area is 164 Å². The van der Waals surface area contributed by atoms with Gasteiger partial charge in [0.2, 0.25) is 0 Å². The molecule has 2 saturated heterocycles. The average molecular weight is 415 g/mol. The number of hydrogen-bond donors (Lipinski definition) is 0. The Morgan fingerprint density at radius 1 is 1.15 bits per heavy atom. The maximum absolute atomic E-state index is 12.3. The zero-order valence-corrected chi connectivity index (χ0v) is 16.5. The summed E-state index contributed by atoms with van der Waals surface area (Å²) in [7, 11) is -3.02. The minimum Gasteiger partial charge on any atom is -0.456 e. The quantitative estimate of drug-likeness (QED) is 0.676. The van der Waals surface area contributed by atoms with E-state index in [0.29, 0.717) is 37.6 Å². The lowest BCUT2D eigenvalue weighted by Crippen LogP contribution is -2.50. The summed E-state index contributed by atoms with van der Waals surface area (Å²) in [6.45, 7) is 2.07. The Balaban J connectivity index is 1.41. The molecule has 0 radical (unpaired) electrons. The first-order valence-electron chi connectivity index (χ1n) is 8.97. The number of carbonyl (C=O) groups excluding carboxylic acids is 2. The number of carbonyl (C=O) groups is 2. The Morgan fingerprint density at radius 2 is 1.85 bits per heavy atom. The zero-order valence-electron chi connectivity index (χ0n) is 15.0. The van der Waals surface area contributed by atoms with Crippen molar-refractivity contribution in [1.82, 2.24) is 4.90 Å². The number of ether oxygens (including phenoxy) is 1. The van der Waals surface area contributed by atoms with Gasteiger partial charge >= 0.3 is 5.97 Å². The molecule has 9 heteroatoms. The molecule has 27 heavy (non-hydrogen) atoms. The van der Waals surface area contributed by atoms with E-state index in [0.717, 1.165) is 5.69 Å². The molecule has 0 aliphatic carbocycles. The van der Waals surface area contributed by atoms with Gasteiger partial charge in [-0.25, -0.2) is 8.42 Å². The minimum absolute atomic E-state index is 0.0278. The smallest absolute Gasteiger partial charge is 0.306 e. The summed E-state index contributed by atoms with van der Waals surface area (Å²) in [5.41, 5.74) is 0.948. The molecule has 1 aromatic carbocycles. The molecule has 0 N–H and O–H groups in total. The van der Waals surface area contributed by atoms with Gasteiger partial charge in [0, 0.05) is 32.6 Å². The molecule has 0 saturated carbocycles. The minimum atomic E-state index is -3.02. The summed E-state index contributed by atoms with van der Waals surface area (Å²) >= 11 is 6.21. The van der Waals surface area contributed by atoms with E-state index in [-0.39, 0.29) is 36.4 Å². The van der Waals surface area contributed by atoms with Gasteiger partial charge < -0.3 is 14.5 Å². The number of nitrogens with zero attached hydrogens (tertiary/aromatic N) is 2. The van der Waals surface area contributed by atoms with Crippen LogP contribution in [0.4, 0.5) is 5.69 Å². The highest BCUT2D eigenvalue weighted by Gasteiger charge is 2.30. The zero-order chi connectivity index (χ0) is 19.4. The van der Waals surface area contributed by atoms with Crippen molar-refractivity contribution in [1.29, 1.82) is 0 Å². The van der Waals surface area contributed by atoms with E-state index in [2.05, 4.69) is 4.90 Å². The van der Waals surface area contributed by atoms with E-state index in [9.17, 15) is 18.0 Å². The molecular weight excluding hydrogens is 392 g/mol. The van der Waals surface area contributed by atoms with E-state index >= 15 is 0 Å². The molecule has 0 spiro atoms. The first-order chi connectivity index (χ1) is 12.8. The predicted molar refractivity (Wildman–Crippen MR) is 103 cm³/mol. The third-order valence-electron chi connectivity index (χ3n) is 4.96. The summed E-state index contributed by atoms with van der Waals surface area (Å²) < 4.78 is 27.9. The molecule has 2 fully saturated rings. The Morgan fingerprint density at radius 3 is 2.48 bits per heavy atom. The second kappa shape index (κ2) is 8.48. The van der Waals surface area contributed by atoms with E-state index < -0.39 is 15.8 Å². The second-order valence-electron chi connectivity index (χ2n) is 6.95. The summed E-state index contributed by atoms with van der Waals surface area (Å²) in [6, 6.07) is 7.59. The van der Waals surface area contributed by atoms with Gasteiger partial charge in [0.05, 0.1) is 22.2 Å². The number of halogens is 1. The van der Waals surface area contributed by atoms with Crippen LogP contribution in [-0.2, 0) is 24.2 Å². The molecule has 3 rings (SSSR count). The number of rotatable bonds is 5. The molecule has 1 amide bonds. The van der Waals surface area contributed by atoms with Crippen LogP contribution in [0.2, 0.25) is 5.02 Å². The molecule has 0 aromatic heterocycles. The maximum Gasteiger partial charge on any atom is 0.306 e. The molecule has 2 aliphatic rings. The average Bonchev–Trinajstić information content (AvgIpc) is 2.98. The topological polar surface area (TPSA) is 84.0 Å². The van der Waals surface area contributed by atoms with Crippen LogP contribution in [0, 0.1) is 5.92 Å². The normalized spacial score (nSPS) is 21.9. The van der Waals surface area contributed by atoms with Gasteiger partial charge in [-0.1, -0.05) is 23.7 Å². The number of piperazine rings is 1. The van der Waals surface area contributed by atoms with Gasteiger partial charge in [-0.15, -0.1) is 0 Å². The first kappa shape index (κ1) is 19.9. The third kappa shape index (κ3) is 5.35. The molecule has 7 nitrogen and oxygen atoms in total. The molecule has 1 atom stereocenters. The number of anilines is 1. The highest BCUT2D eigenvalue weighted by molar-refractivity contribution is 7.91. The second-order valence-corrected chi connectivity index (χ2v) is 9.59. The Kier molecular flexibility index (Phi) is 6.26. The summed E-state index contributed by atoms with van der Waals surface area (Å²) in [6.07, 6.45) is 0.530. The van der Waals surface area contributed by atoms with Crippen molar-refractivity contribution in [3.63, 3.8) is 0 Å². The lowest BCUT2D eigenvalue weighted by Gasteiger charge is -2.36. The highest BCUT2D eigenvalue weighted by atomic mass is 35.5. The largest absolute Gasteiger partial charge is 0.456 e. The lowest BCUT2D eigenvalue weighted by atomic mass is 10.1. The summed E-state index contributed by atoms with van der Waals surface area (Å²) in [4.78, 5) is 27.9. The molecule has 2 heterocycles. The molecular formula is C18H23ClN2O5S. The van der Waals surface area contributed by atoms with E-state index in [4.69, 9.17) is 16.3 Å². The number of esters is 1. The number of amides is 1. The SMILES string of the molecule is O=C(C[C@H]1CCS(=O)(=O)C1)OCC(=O)N1CCN(c2ccccc2Cl)CC1. The third-order valence-corrected chi connectivity index (χ3v) is 7.12. The van der Waals surface area contributed by atoms with Crippen LogP contribution in [0.5, 0.6) is 0 Å². The predicted octanol–water partition coefficient (Wildman–Crippen LogP) is 1.36. The fourth-order valence-corrected chi connectivity index (χ4v) is 5.58. The molecule has 1 aromatic rings. The first-order valence-corrected chi connectivity index (χ1v) is 11.2. The van der Waals surface area contributed by atoms with Crippen molar-refractivity contribution in [2.45, 2.75) is 12.8 Å². The van der Waals surface area contributed by atoms with E-state index in [1.54, 1.807) is 4.90 Å². The summed E-state index contributed by atoms with van der Waals surface area (Å²) in [5, 5.41) is 0.681. The van der Waals surface area contributed by atoms with Crippen molar-refractivity contribution in [2.24, 2.45) is 5.92 Å². The van der Waals surface area contributed by atoms with Gasteiger partial charge in [-0.2, -0.15) is 0 Å². The fourth-order valence-electron chi connectivity index (χ4n) is 3.47. The van der Waals surface area contributed by atoms with Crippen LogP contribution in [0.1, 0.15) is 12.8 Å². The number of benzene rings is 1. The Hall–Kier alpha value is -1.80. The van der Waals surface area contributed by atoms with Crippen molar-refractivity contribution in [3.05, 3.63) is 29.3 Å². The lowest BCUT2D eigenvalue weighted by molar-refractivity contribution is -0.152. The molecule has 0 bridgehead atoms. The van der Waals surface area contributed by atoms with Gasteiger partial charge in [0.25, 0.3) is 5.91 Å². The molecule has 2 aliphatic heterocycles. The van der Waals surface area contributed by atoms with Crippen molar-refractivity contribution in [2.75, 3.05) is 49.2 Å². The van der Waals surface area contributed by atoms with Crippen LogP contribution >= 0.6 is 11.6 Å². The monoisotopic (exact) mass is 414 g/mol. The van der Waals surface area contributed by atoms with Crippen LogP contribution in [0.15, 0.2) is 24.3 Å². The van der Waals surface area contributed by atoms with Crippen LogP contribution in [0.25, 0.3) is 0 Å². The van der Waals surface area contributed by atoms with Crippen molar-refractivity contribution < 1.29 is 22.7 Å². The van der Waals surface area contributed by atoms with Crippen LogP contribution in [0.3, 0.4) is 0 Å². The van der Waals surface area contributed by atoms with Gasteiger partial charge in [-0.3, -0.25) is 9.59 Å². The van der Waals surface area contributed by atoms with Gasteiger partial charge in [-0.05, 0) is 24.5 Å². The molecule has 148 valence electrons. The van der Waals surface area contributed by atoms with Crippen LogP contribution < -0.4 is 4.90 Å². The van der Waals surface area contributed by atoms with E-state index in [1.165, 1.54) is 0 Å². The van der Waals surface area contributed by atoms with Gasteiger partial charge in [0.1, 0.15) is 0 Å². The fraction of sp³-hybridized carbons (Fsp3) is 0.556. The van der Waals surface area contributed by atoms with Crippen molar-refractivity contribution >= 4 is 39.0 Å². The number of sulfone groups is 1. The highest BCUT2D eigenvalue weighted by Crippen LogP contribution is 2.26. The number of hydrogen-bond acceptors (Lipinski definition) is 6. The van der Waals surface area contributed by atoms with E-state index in [1.807, 2.05) is 24.3 Å². The van der Waals surface area contributed by atoms with Crippen molar-refractivity contribution in [3.8, 4) is 0 Å². The van der Waals surface area contributed by atoms with Crippen LogP contribution in [-0.4, -0.2) is 69.5 Å². The van der Waals surface area contributed by atoms with Gasteiger partial charge in [0.15, 0.2) is 16.4 Å².